The molecular formula is C18H30ClN5O. The summed E-state index contributed by atoms with van der Waals surface area (Å²) in [5.74, 6) is 0.859. The van der Waals surface area contributed by atoms with E-state index in [1.807, 2.05) is 25.2 Å². The summed E-state index contributed by atoms with van der Waals surface area (Å²) in [7, 11) is 5.64. The number of likely N-dealkylation sites (N-methyl/N-ethyl adjacent to an activating group) is 1. The minimum atomic E-state index is 0.386. The number of rotatable bonds is 8. The Morgan fingerprint density at radius 3 is 3.00 bits per heavy atom. The van der Waals surface area contributed by atoms with Gasteiger partial charge >= 0.3 is 0 Å². The van der Waals surface area contributed by atoms with Crippen LogP contribution in [0.4, 0.5) is 5.69 Å². The van der Waals surface area contributed by atoms with Gasteiger partial charge in [-0.05, 0) is 31.7 Å². The van der Waals surface area contributed by atoms with E-state index in [2.05, 4.69) is 38.5 Å². The zero-order valence-electron chi connectivity index (χ0n) is 15.5. The molecule has 1 unspecified atom stereocenters. The minimum Gasteiger partial charge on any atom is -0.383 e. The number of ether oxygens (including phenoxy) is 1. The molecule has 140 valence electrons. The molecule has 1 atom stereocenters. The fourth-order valence-electron chi connectivity index (χ4n) is 2.90. The lowest BCUT2D eigenvalue weighted by Crippen LogP contribution is -2.46. The van der Waals surface area contributed by atoms with E-state index in [1.165, 1.54) is 5.69 Å². The predicted molar refractivity (Wildman–Crippen MR) is 106 cm³/mol. The monoisotopic (exact) mass is 367 g/mol. The van der Waals surface area contributed by atoms with Crippen molar-refractivity contribution >= 4 is 23.2 Å². The van der Waals surface area contributed by atoms with Gasteiger partial charge in [0.05, 0.1) is 6.61 Å². The number of anilines is 1. The third kappa shape index (κ3) is 6.72. The van der Waals surface area contributed by atoms with Crippen molar-refractivity contribution in [2.24, 2.45) is 4.99 Å². The molecule has 1 aliphatic rings. The third-order valence-electron chi connectivity index (χ3n) is 4.39. The van der Waals surface area contributed by atoms with Gasteiger partial charge in [0.25, 0.3) is 0 Å². The van der Waals surface area contributed by atoms with Gasteiger partial charge in [-0.15, -0.1) is 0 Å². The van der Waals surface area contributed by atoms with Crippen molar-refractivity contribution in [2.75, 3.05) is 65.4 Å². The van der Waals surface area contributed by atoms with Gasteiger partial charge in [0.1, 0.15) is 0 Å². The van der Waals surface area contributed by atoms with Crippen molar-refractivity contribution in [1.29, 1.82) is 0 Å². The first-order chi connectivity index (χ1) is 12.1. The van der Waals surface area contributed by atoms with E-state index in [0.717, 1.165) is 56.7 Å². The highest BCUT2D eigenvalue weighted by molar-refractivity contribution is 6.30. The zero-order chi connectivity index (χ0) is 18.1. The summed E-state index contributed by atoms with van der Waals surface area (Å²) in [5, 5.41) is 7.68. The lowest BCUT2D eigenvalue weighted by atomic mass is 10.3. The van der Waals surface area contributed by atoms with Crippen LogP contribution in [0.15, 0.2) is 29.3 Å². The maximum absolute atomic E-state index is 6.10. The SMILES string of the molecule is CN=C(NCCN(C)CCOC)NC1CCN(c2cccc(Cl)c2)C1. The first kappa shape index (κ1) is 19.8. The van der Waals surface area contributed by atoms with Crippen LogP contribution in [0.5, 0.6) is 0 Å². The smallest absolute Gasteiger partial charge is 0.191 e. The molecule has 1 aromatic rings. The molecule has 1 aromatic carbocycles. The number of aliphatic imine (C=N–C) groups is 1. The molecule has 0 aliphatic carbocycles. The van der Waals surface area contributed by atoms with Gasteiger partial charge < -0.3 is 25.2 Å². The Morgan fingerprint density at radius 1 is 1.44 bits per heavy atom. The van der Waals surface area contributed by atoms with Crippen LogP contribution < -0.4 is 15.5 Å². The Balaban J connectivity index is 1.73. The molecule has 0 saturated carbocycles. The van der Waals surface area contributed by atoms with Gasteiger partial charge in [-0.25, -0.2) is 0 Å². The first-order valence-electron chi connectivity index (χ1n) is 8.77. The second kappa shape index (κ2) is 10.5. The molecule has 25 heavy (non-hydrogen) atoms. The molecule has 1 fully saturated rings. The Morgan fingerprint density at radius 2 is 2.28 bits per heavy atom. The van der Waals surface area contributed by atoms with Gasteiger partial charge in [-0.3, -0.25) is 4.99 Å². The molecule has 1 saturated heterocycles. The number of hydrogen-bond acceptors (Lipinski definition) is 4. The van der Waals surface area contributed by atoms with E-state index in [-0.39, 0.29) is 0 Å². The van der Waals surface area contributed by atoms with Crippen LogP contribution in [-0.2, 0) is 4.74 Å². The maximum Gasteiger partial charge on any atom is 0.191 e. The van der Waals surface area contributed by atoms with Crippen molar-refractivity contribution in [3.05, 3.63) is 29.3 Å². The van der Waals surface area contributed by atoms with Crippen LogP contribution in [-0.4, -0.2) is 77.4 Å². The Kier molecular flexibility index (Phi) is 8.31. The topological polar surface area (TPSA) is 52.1 Å². The second-order valence-electron chi connectivity index (χ2n) is 6.35. The van der Waals surface area contributed by atoms with Crippen LogP contribution in [0.1, 0.15) is 6.42 Å². The summed E-state index contributed by atoms with van der Waals surface area (Å²) >= 11 is 6.10. The van der Waals surface area contributed by atoms with Crippen molar-refractivity contribution < 1.29 is 4.74 Å². The summed E-state index contributed by atoms with van der Waals surface area (Å²) in [6, 6.07) is 8.42. The van der Waals surface area contributed by atoms with Gasteiger partial charge in [-0.1, -0.05) is 17.7 Å². The molecule has 2 rings (SSSR count). The van der Waals surface area contributed by atoms with Crippen molar-refractivity contribution in [3.63, 3.8) is 0 Å². The lowest BCUT2D eigenvalue weighted by molar-refractivity contribution is 0.162. The highest BCUT2D eigenvalue weighted by atomic mass is 35.5. The summed E-state index contributed by atoms with van der Waals surface area (Å²) in [6.45, 7) is 5.46. The number of methoxy groups -OCH3 is 1. The van der Waals surface area contributed by atoms with Crippen molar-refractivity contribution in [1.82, 2.24) is 15.5 Å². The Hall–Kier alpha value is -1.50. The molecule has 1 heterocycles. The Labute approximate surface area is 156 Å². The Bertz CT molecular complexity index is 554. The first-order valence-corrected chi connectivity index (χ1v) is 9.15. The molecule has 1 aliphatic heterocycles. The predicted octanol–water partition coefficient (Wildman–Crippen LogP) is 1.66. The summed E-state index contributed by atoms with van der Waals surface area (Å²) in [6.07, 6.45) is 1.08. The van der Waals surface area contributed by atoms with Gasteiger partial charge in [0, 0.05) is 63.6 Å². The number of nitrogens with one attached hydrogen (secondary N) is 2. The molecule has 0 bridgehead atoms. The zero-order valence-corrected chi connectivity index (χ0v) is 16.2. The van der Waals surface area contributed by atoms with Gasteiger partial charge in [0.2, 0.25) is 0 Å². The average Bonchev–Trinajstić information content (AvgIpc) is 3.07. The average molecular weight is 368 g/mol. The molecule has 0 spiro atoms. The van der Waals surface area contributed by atoms with Crippen LogP contribution in [0, 0.1) is 0 Å². The molecule has 6 nitrogen and oxygen atoms in total. The van der Waals surface area contributed by atoms with E-state index >= 15 is 0 Å². The lowest BCUT2D eigenvalue weighted by Gasteiger charge is -2.21. The molecule has 0 aromatic heterocycles. The van der Waals surface area contributed by atoms with Crippen LogP contribution in [0.25, 0.3) is 0 Å². The molecule has 0 amide bonds. The van der Waals surface area contributed by atoms with Crippen LogP contribution in [0.3, 0.4) is 0 Å². The molecule has 2 N–H and O–H groups in total. The number of guanidine groups is 1. The highest BCUT2D eigenvalue weighted by Gasteiger charge is 2.23. The fourth-order valence-corrected chi connectivity index (χ4v) is 3.08. The molecular weight excluding hydrogens is 338 g/mol. The fraction of sp³-hybridized carbons (Fsp3) is 0.611. The van der Waals surface area contributed by atoms with Gasteiger partial charge in [0.15, 0.2) is 5.96 Å². The summed E-state index contributed by atoms with van der Waals surface area (Å²) in [5.41, 5.74) is 1.18. The van der Waals surface area contributed by atoms with E-state index in [4.69, 9.17) is 16.3 Å². The number of halogens is 1. The molecule has 7 heteroatoms. The van der Waals surface area contributed by atoms with E-state index in [1.54, 1.807) is 7.11 Å². The van der Waals surface area contributed by atoms with Crippen LogP contribution in [0.2, 0.25) is 5.02 Å². The summed E-state index contributed by atoms with van der Waals surface area (Å²) < 4.78 is 5.09. The quantitative estimate of drug-likeness (QED) is 0.540. The third-order valence-corrected chi connectivity index (χ3v) is 4.62. The van der Waals surface area contributed by atoms with E-state index < -0.39 is 0 Å². The normalized spacial score (nSPS) is 18.0. The minimum absolute atomic E-state index is 0.386. The van der Waals surface area contributed by atoms with Crippen LogP contribution >= 0.6 is 11.6 Å². The second-order valence-corrected chi connectivity index (χ2v) is 6.79. The standard InChI is InChI=1S/C18H30ClN5O/c1-20-18(21-8-10-23(2)11-12-25-3)22-16-7-9-24(14-16)17-6-4-5-15(19)13-17/h4-6,13,16H,7-12,14H2,1-3H3,(H2,20,21,22). The maximum atomic E-state index is 6.10. The number of benzene rings is 1. The van der Waals surface area contributed by atoms with E-state index in [0.29, 0.717) is 6.04 Å². The summed E-state index contributed by atoms with van der Waals surface area (Å²) in [4.78, 5) is 8.93. The van der Waals surface area contributed by atoms with Crippen molar-refractivity contribution in [2.45, 2.75) is 12.5 Å². The highest BCUT2D eigenvalue weighted by Crippen LogP contribution is 2.23. The van der Waals surface area contributed by atoms with E-state index in [9.17, 15) is 0 Å². The number of nitrogens with zero attached hydrogens (tertiary/aromatic N) is 3. The largest absolute Gasteiger partial charge is 0.383 e. The number of hydrogen-bond donors (Lipinski definition) is 2. The van der Waals surface area contributed by atoms with Crippen molar-refractivity contribution in [3.8, 4) is 0 Å². The molecule has 0 radical (unpaired) electrons. The van der Waals surface area contributed by atoms with Gasteiger partial charge in [-0.2, -0.15) is 0 Å².